The van der Waals surface area contributed by atoms with Crippen LogP contribution in [0.3, 0.4) is 0 Å². The molecule has 0 aromatic heterocycles. The number of hydrogen-bond acceptors (Lipinski definition) is 1. The van der Waals surface area contributed by atoms with Gasteiger partial charge in [0.1, 0.15) is 0 Å². The van der Waals surface area contributed by atoms with Crippen LogP contribution in [0.15, 0.2) is 0 Å². The first-order chi connectivity index (χ1) is 3.79. The predicted octanol–water partition coefficient (Wildman–Crippen LogP) is -0.907. The van der Waals surface area contributed by atoms with Gasteiger partial charge in [-0.05, 0) is 6.92 Å². The number of nitrogens with two attached hydrogens (primary N) is 1. The summed E-state index contributed by atoms with van der Waals surface area (Å²) < 4.78 is 0. The number of hydrogen-bond donors (Lipinski definition) is 2. The highest BCUT2D eigenvalue weighted by molar-refractivity contribution is 4.61. The van der Waals surface area contributed by atoms with Crippen LogP contribution in [0, 0.1) is 0 Å². The molecule has 0 radical (unpaired) electrons. The summed E-state index contributed by atoms with van der Waals surface area (Å²) in [4.78, 5) is 0. The van der Waals surface area contributed by atoms with Crippen LogP contribution in [0.25, 0.3) is 0 Å². The van der Waals surface area contributed by atoms with Crippen molar-refractivity contribution in [1.29, 1.82) is 0 Å². The van der Waals surface area contributed by atoms with Crippen molar-refractivity contribution in [3.63, 3.8) is 0 Å². The van der Waals surface area contributed by atoms with Crippen LogP contribution < -0.4 is 5.32 Å². The molecule has 1 saturated heterocycles. The SMILES string of the molecule is C[C@@H]1C[C@@H](O)CC[NH2+]1. The van der Waals surface area contributed by atoms with Crippen molar-refractivity contribution in [3.05, 3.63) is 0 Å². The van der Waals surface area contributed by atoms with Crippen LogP contribution >= 0.6 is 0 Å². The lowest BCUT2D eigenvalue weighted by molar-refractivity contribution is -0.696. The van der Waals surface area contributed by atoms with Gasteiger partial charge in [0, 0.05) is 12.8 Å². The third-order valence-corrected chi connectivity index (χ3v) is 1.71. The zero-order chi connectivity index (χ0) is 5.98. The van der Waals surface area contributed by atoms with E-state index in [9.17, 15) is 0 Å². The first-order valence-electron chi connectivity index (χ1n) is 3.30. The first-order valence-corrected chi connectivity index (χ1v) is 3.30. The van der Waals surface area contributed by atoms with Gasteiger partial charge in [-0.15, -0.1) is 0 Å². The number of piperidine rings is 1. The van der Waals surface area contributed by atoms with E-state index in [0.29, 0.717) is 6.04 Å². The molecule has 1 aliphatic rings. The molecule has 1 aliphatic heterocycles. The summed E-state index contributed by atoms with van der Waals surface area (Å²) in [6, 6.07) is 0.638. The maximum atomic E-state index is 9.06. The van der Waals surface area contributed by atoms with E-state index in [4.69, 9.17) is 5.11 Å². The van der Waals surface area contributed by atoms with E-state index in [0.717, 1.165) is 19.4 Å². The highest BCUT2D eigenvalue weighted by Gasteiger charge is 2.17. The van der Waals surface area contributed by atoms with Crippen molar-refractivity contribution < 1.29 is 10.4 Å². The lowest BCUT2D eigenvalue weighted by Crippen LogP contribution is -2.91. The van der Waals surface area contributed by atoms with Gasteiger partial charge in [0.05, 0.1) is 18.7 Å². The summed E-state index contributed by atoms with van der Waals surface area (Å²) in [5.74, 6) is 0. The van der Waals surface area contributed by atoms with E-state index in [2.05, 4.69) is 12.2 Å². The summed E-state index contributed by atoms with van der Waals surface area (Å²) in [6.07, 6.45) is 1.93. The van der Waals surface area contributed by atoms with Crippen LogP contribution in [0.1, 0.15) is 19.8 Å². The van der Waals surface area contributed by atoms with Gasteiger partial charge in [0.15, 0.2) is 0 Å². The fourth-order valence-electron chi connectivity index (χ4n) is 1.22. The zero-order valence-corrected chi connectivity index (χ0v) is 5.30. The van der Waals surface area contributed by atoms with Crippen LogP contribution in [-0.4, -0.2) is 23.8 Å². The quantitative estimate of drug-likeness (QED) is 0.422. The fraction of sp³-hybridized carbons (Fsp3) is 1.00. The van der Waals surface area contributed by atoms with Gasteiger partial charge >= 0.3 is 0 Å². The van der Waals surface area contributed by atoms with E-state index in [1.165, 1.54) is 0 Å². The normalized spacial score (nSPS) is 39.8. The largest absolute Gasteiger partial charge is 0.393 e. The van der Waals surface area contributed by atoms with Crippen molar-refractivity contribution in [2.75, 3.05) is 6.54 Å². The van der Waals surface area contributed by atoms with Crippen molar-refractivity contribution in [2.45, 2.75) is 31.9 Å². The lowest BCUT2D eigenvalue weighted by atomic mass is 10.0. The molecule has 0 aliphatic carbocycles. The van der Waals surface area contributed by atoms with Crippen molar-refractivity contribution in [3.8, 4) is 0 Å². The summed E-state index contributed by atoms with van der Waals surface area (Å²) in [6.45, 7) is 3.25. The van der Waals surface area contributed by atoms with Crippen LogP contribution in [0.4, 0.5) is 0 Å². The number of aliphatic hydroxyl groups is 1. The molecule has 2 atom stereocenters. The summed E-state index contributed by atoms with van der Waals surface area (Å²) >= 11 is 0. The van der Waals surface area contributed by atoms with Gasteiger partial charge in [0.25, 0.3) is 0 Å². The second-order valence-corrected chi connectivity index (χ2v) is 2.68. The van der Waals surface area contributed by atoms with Gasteiger partial charge in [0.2, 0.25) is 0 Å². The monoisotopic (exact) mass is 116 g/mol. The third-order valence-electron chi connectivity index (χ3n) is 1.71. The Morgan fingerprint density at radius 2 is 2.38 bits per heavy atom. The predicted molar refractivity (Wildman–Crippen MR) is 31.5 cm³/mol. The molecule has 0 spiro atoms. The highest BCUT2D eigenvalue weighted by Crippen LogP contribution is 2.00. The fourth-order valence-corrected chi connectivity index (χ4v) is 1.22. The molecule has 0 aromatic carbocycles. The van der Waals surface area contributed by atoms with Crippen molar-refractivity contribution in [2.24, 2.45) is 0 Å². The highest BCUT2D eigenvalue weighted by atomic mass is 16.3. The Morgan fingerprint density at radius 1 is 1.62 bits per heavy atom. The third kappa shape index (κ3) is 1.46. The first kappa shape index (κ1) is 6.05. The minimum Gasteiger partial charge on any atom is -0.393 e. The lowest BCUT2D eigenvalue weighted by Gasteiger charge is -2.20. The minimum atomic E-state index is -0.0185. The standard InChI is InChI=1S/C6H13NO/c1-5-4-6(8)2-3-7-5/h5-8H,2-4H2,1H3/p+1/t5-,6+/m1/s1. The van der Waals surface area contributed by atoms with Gasteiger partial charge in [-0.2, -0.15) is 0 Å². The Kier molecular flexibility index (Phi) is 1.86. The molecule has 1 rings (SSSR count). The topological polar surface area (TPSA) is 36.8 Å². The Labute approximate surface area is 49.9 Å². The molecule has 2 nitrogen and oxygen atoms in total. The Bertz CT molecular complexity index is 66.9. The van der Waals surface area contributed by atoms with E-state index < -0.39 is 0 Å². The van der Waals surface area contributed by atoms with Crippen LogP contribution in [-0.2, 0) is 0 Å². The number of aliphatic hydroxyl groups excluding tert-OH is 1. The van der Waals surface area contributed by atoms with Crippen LogP contribution in [0.5, 0.6) is 0 Å². The summed E-state index contributed by atoms with van der Waals surface area (Å²) in [5, 5.41) is 11.3. The van der Waals surface area contributed by atoms with E-state index in [1.807, 2.05) is 0 Å². The summed E-state index contributed by atoms with van der Waals surface area (Å²) in [5.41, 5.74) is 0. The van der Waals surface area contributed by atoms with Crippen molar-refractivity contribution >= 4 is 0 Å². The van der Waals surface area contributed by atoms with Crippen LogP contribution in [0.2, 0.25) is 0 Å². The molecule has 0 unspecified atom stereocenters. The maximum Gasteiger partial charge on any atom is 0.0855 e. The Balaban J connectivity index is 2.23. The minimum absolute atomic E-state index is 0.0185. The maximum absolute atomic E-state index is 9.06. The molecule has 0 amide bonds. The molecule has 0 saturated carbocycles. The Hall–Kier alpha value is -0.0800. The van der Waals surface area contributed by atoms with E-state index in [-0.39, 0.29) is 6.10 Å². The smallest absolute Gasteiger partial charge is 0.0855 e. The summed E-state index contributed by atoms with van der Waals surface area (Å²) in [7, 11) is 0. The average Bonchev–Trinajstić information content (AvgIpc) is 1.64. The molecule has 2 heteroatoms. The average molecular weight is 116 g/mol. The van der Waals surface area contributed by atoms with Gasteiger partial charge < -0.3 is 10.4 Å². The molecular weight excluding hydrogens is 102 g/mol. The van der Waals surface area contributed by atoms with Crippen molar-refractivity contribution in [1.82, 2.24) is 0 Å². The molecule has 0 aromatic rings. The molecule has 3 N–H and O–H groups in total. The molecule has 1 fully saturated rings. The molecule has 0 bridgehead atoms. The second-order valence-electron chi connectivity index (χ2n) is 2.68. The molecule has 1 heterocycles. The van der Waals surface area contributed by atoms with Gasteiger partial charge in [-0.1, -0.05) is 0 Å². The zero-order valence-electron chi connectivity index (χ0n) is 5.30. The van der Waals surface area contributed by atoms with Gasteiger partial charge in [-0.25, -0.2) is 0 Å². The van der Waals surface area contributed by atoms with E-state index in [1.54, 1.807) is 0 Å². The Morgan fingerprint density at radius 3 is 2.75 bits per heavy atom. The number of quaternary nitrogens is 1. The molecule has 48 valence electrons. The number of rotatable bonds is 0. The second kappa shape index (κ2) is 2.46. The molecule has 8 heavy (non-hydrogen) atoms. The van der Waals surface area contributed by atoms with E-state index >= 15 is 0 Å². The molecular formula is C6H14NO+. The van der Waals surface area contributed by atoms with Gasteiger partial charge in [-0.3, -0.25) is 0 Å².